The van der Waals surface area contributed by atoms with Crippen molar-refractivity contribution in [1.29, 1.82) is 0 Å². The third-order valence-corrected chi connectivity index (χ3v) is 6.55. The van der Waals surface area contributed by atoms with Crippen LogP contribution < -0.4 is 5.32 Å². The van der Waals surface area contributed by atoms with Gasteiger partial charge in [0.15, 0.2) is 5.17 Å². The predicted octanol–water partition coefficient (Wildman–Crippen LogP) is 1.53. The SMILES string of the molecule is CN(C)C(=O)N1C[C@H](NC(=O)CC2=CSC3=NCCCN23)[C@@H](C2CC2)C1. The summed E-state index contributed by atoms with van der Waals surface area (Å²) in [6.07, 6.45) is 3.87. The number of urea groups is 1. The van der Waals surface area contributed by atoms with E-state index in [1.807, 2.05) is 4.90 Å². The number of aliphatic imine (C=N–C) groups is 1. The lowest BCUT2D eigenvalue weighted by molar-refractivity contribution is -0.121. The molecule has 3 heterocycles. The smallest absolute Gasteiger partial charge is 0.319 e. The second-order valence-corrected chi connectivity index (χ2v) is 8.67. The van der Waals surface area contributed by atoms with Crippen molar-refractivity contribution >= 4 is 28.9 Å². The first-order chi connectivity index (χ1) is 12.5. The van der Waals surface area contributed by atoms with Gasteiger partial charge >= 0.3 is 6.03 Å². The van der Waals surface area contributed by atoms with E-state index in [1.165, 1.54) is 12.8 Å². The Morgan fingerprint density at radius 1 is 1.35 bits per heavy atom. The molecule has 3 aliphatic heterocycles. The molecule has 3 amide bonds. The molecule has 8 heteroatoms. The van der Waals surface area contributed by atoms with Crippen LogP contribution in [-0.4, -0.2) is 78.1 Å². The molecule has 1 N–H and O–H groups in total. The summed E-state index contributed by atoms with van der Waals surface area (Å²) in [4.78, 5) is 35.2. The van der Waals surface area contributed by atoms with Crippen LogP contribution in [0, 0.1) is 11.8 Å². The van der Waals surface area contributed by atoms with Gasteiger partial charge < -0.3 is 20.0 Å². The van der Waals surface area contributed by atoms with Crippen molar-refractivity contribution in [2.24, 2.45) is 16.8 Å². The number of hydrogen-bond acceptors (Lipinski definition) is 5. The number of nitrogens with zero attached hydrogens (tertiary/aromatic N) is 4. The van der Waals surface area contributed by atoms with Crippen molar-refractivity contribution in [3.8, 4) is 0 Å². The maximum atomic E-state index is 12.7. The third-order valence-electron chi connectivity index (χ3n) is 5.60. The van der Waals surface area contributed by atoms with Crippen LogP contribution in [0.5, 0.6) is 0 Å². The minimum atomic E-state index is 0.0384. The summed E-state index contributed by atoms with van der Waals surface area (Å²) in [5.41, 5.74) is 1.05. The minimum absolute atomic E-state index is 0.0384. The molecular weight excluding hydrogens is 350 g/mol. The van der Waals surface area contributed by atoms with Gasteiger partial charge in [0.05, 0.1) is 12.5 Å². The van der Waals surface area contributed by atoms with Crippen molar-refractivity contribution in [2.75, 3.05) is 40.3 Å². The number of thioether (sulfide) groups is 1. The lowest BCUT2D eigenvalue weighted by atomic mass is 9.98. The van der Waals surface area contributed by atoms with Crippen LogP contribution in [0.3, 0.4) is 0 Å². The molecule has 0 unspecified atom stereocenters. The Bertz CT molecular complexity index is 658. The van der Waals surface area contributed by atoms with E-state index in [9.17, 15) is 9.59 Å². The first kappa shape index (κ1) is 17.7. The molecule has 2 fully saturated rings. The average Bonchev–Trinajstić information content (AvgIpc) is 3.27. The Morgan fingerprint density at radius 3 is 2.88 bits per heavy atom. The highest BCUT2D eigenvalue weighted by atomic mass is 32.2. The van der Waals surface area contributed by atoms with Gasteiger partial charge in [0.1, 0.15) is 0 Å². The Kier molecular flexibility index (Phi) is 4.86. The van der Waals surface area contributed by atoms with E-state index in [-0.39, 0.29) is 18.0 Å². The summed E-state index contributed by atoms with van der Waals surface area (Å²) in [5, 5.41) is 6.31. The summed E-state index contributed by atoms with van der Waals surface area (Å²) >= 11 is 1.62. The normalized spacial score (nSPS) is 27.8. The van der Waals surface area contributed by atoms with Crippen LogP contribution in [0.4, 0.5) is 4.79 Å². The number of nitrogens with one attached hydrogen (secondary N) is 1. The van der Waals surface area contributed by atoms with E-state index in [0.29, 0.717) is 24.8 Å². The Labute approximate surface area is 158 Å². The highest BCUT2D eigenvalue weighted by Crippen LogP contribution is 2.41. The minimum Gasteiger partial charge on any atom is -0.351 e. The maximum absolute atomic E-state index is 12.7. The maximum Gasteiger partial charge on any atom is 0.319 e. The fourth-order valence-electron chi connectivity index (χ4n) is 4.12. The van der Waals surface area contributed by atoms with Gasteiger partial charge in [0.25, 0.3) is 0 Å². The van der Waals surface area contributed by atoms with E-state index in [1.54, 1.807) is 30.8 Å². The van der Waals surface area contributed by atoms with Gasteiger partial charge in [-0.3, -0.25) is 9.79 Å². The number of amides is 3. The number of carbonyl (C=O) groups is 2. The quantitative estimate of drug-likeness (QED) is 0.807. The zero-order valence-corrected chi connectivity index (χ0v) is 16.3. The number of fused-ring (bicyclic) bond motifs is 1. The molecule has 0 aromatic rings. The number of rotatable bonds is 4. The lowest BCUT2D eigenvalue weighted by Gasteiger charge is -2.26. The summed E-state index contributed by atoms with van der Waals surface area (Å²) in [5.74, 6) is 1.10. The average molecular weight is 378 g/mol. The molecule has 0 radical (unpaired) electrons. The van der Waals surface area contributed by atoms with Crippen LogP contribution in [0.1, 0.15) is 25.7 Å². The van der Waals surface area contributed by atoms with Gasteiger partial charge in [-0.1, -0.05) is 11.8 Å². The van der Waals surface area contributed by atoms with Crippen LogP contribution >= 0.6 is 11.8 Å². The summed E-state index contributed by atoms with van der Waals surface area (Å²) in [6.45, 7) is 3.21. The van der Waals surface area contributed by atoms with Crippen LogP contribution in [0.15, 0.2) is 16.1 Å². The zero-order chi connectivity index (χ0) is 18.3. The topological polar surface area (TPSA) is 68.2 Å². The summed E-state index contributed by atoms with van der Waals surface area (Å²) < 4.78 is 0. The molecule has 4 aliphatic rings. The second kappa shape index (κ2) is 7.13. The predicted molar refractivity (Wildman–Crippen MR) is 103 cm³/mol. The fraction of sp³-hybridized carbons (Fsp3) is 0.722. The largest absolute Gasteiger partial charge is 0.351 e. The molecule has 1 aliphatic carbocycles. The van der Waals surface area contributed by atoms with Gasteiger partial charge in [-0.2, -0.15) is 0 Å². The first-order valence-corrected chi connectivity index (χ1v) is 10.3. The van der Waals surface area contributed by atoms with E-state index >= 15 is 0 Å². The van der Waals surface area contributed by atoms with Gasteiger partial charge in [-0.25, -0.2) is 4.79 Å². The molecule has 0 aromatic carbocycles. The van der Waals surface area contributed by atoms with Crippen molar-refractivity contribution in [3.63, 3.8) is 0 Å². The molecule has 1 saturated heterocycles. The van der Waals surface area contributed by atoms with Crippen molar-refractivity contribution in [3.05, 3.63) is 11.1 Å². The van der Waals surface area contributed by atoms with E-state index in [0.717, 1.165) is 36.9 Å². The molecule has 142 valence electrons. The molecule has 26 heavy (non-hydrogen) atoms. The van der Waals surface area contributed by atoms with E-state index in [4.69, 9.17) is 0 Å². The molecule has 0 spiro atoms. The second-order valence-electron chi connectivity index (χ2n) is 7.83. The van der Waals surface area contributed by atoms with Crippen molar-refractivity contribution in [2.45, 2.75) is 31.7 Å². The summed E-state index contributed by atoms with van der Waals surface area (Å²) in [6, 6.07) is 0.111. The van der Waals surface area contributed by atoms with Crippen LogP contribution in [-0.2, 0) is 4.79 Å². The molecule has 1 saturated carbocycles. The standard InChI is InChI=1S/C18H27N5O2S/c1-21(2)18(25)22-9-14(12-4-5-12)15(10-22)20-16(24)8-13-11-26-17-19-6-3-7-23(13)17/h11-12,14-15H,3-10H2,1-2H3,(H,20,24)/t14-,15+/m1/s1. The van der Waals surface area contributed by atoms with Gasteiger partial charge in [-0.05, 0) is 30.6 Å². The molecule has 0 bridgehead atoms. The number of likely N-dealkylation sites (tertiary alicyclic amines) is 1. The number of amidine groups is 1. The molecule has 2 atom stereocenters. The van der Waals surface area contributed by atoms with E-state index < -0.39 is 0 Å². The van der Waals surface area contributed by atoms with Gasteiger partial charge in [0, 0.05) is 51.9 Å². The van der Waals surface area contributed by atoms with Crippen LogP contribution in [0.25, 0.3) is 0 Å². The fourth-order valence-corrected chi connectivity index (χ4v) is 5.07. The Morgan fingerprint density at radius 2 is 2.15 bits per heavy atom. The highest BCUT2D eigenvalue weighted by Gasteiger charge is 2.44. The molecule has 4 rings (SSSR count). The highest BCUT2D eigenvalue weighted by molar-refractivity contribution is 8.16. The van der Waals surface area contributed by atoms with E-state index in [2.05, 4.69) is 20.6 Å². The number of hydrogen-bond donors (Lipinski definition) is 1. The van der Waals surface area contributed by atoms with Crippen molar-refractivity contribution < 1.29 is 9.59 Å². The van der Waals surface area contributed by atoms with Crippen LogP contribution in [0.2, 0.25) is 0 Å². The lowest BCUT2D eigenvalue weighted by Crippen LogP contribution is -2.43. The zero-order valence-electron chi connectivity index (χ0n) is 15.5. The number of carbonyl (C=O) groups excluding carboxylic acids is 2. The summed E-state index contributed by atoms with van der Waals surface area (Å²) in [7, 11) is 3.56. The molecule has 0 aromatic heterocycles. The van der Waals surface area contributed by atoms with Gasteiger partial charge in [-0.15, -0.1) is 0 Å². The Balaban J connectivity index is 1.36. The Hall–Kier alpha value is -1.70. The monoisotopic (exact) mass is 377 g/mol. The van der Waals surface area contributed by atoms with Crippen molar-refractivity contribution in [1.82, 2.24) is 20.0 Å². The molecule has 7 nitrogen and oxygen atoms in total. The third kappa shape index (κ3) is 3.56. The van der Waals surface area contributed by atoms with Gasteiger partial charge in [0.2, 0.25) is 5.91 Å². The first-order valence-electron chi connectivity index (χ1n) is 9.46. The molecular formula is C18H27N5O2S.